The molecule has 1 rings (SSSR count). The second-order valence-electron chi connectivity index (χ2n) is 3.12. The van der Waals surface area contributed by atoms with Gasteiger partial charge in [0.05, 0.1) is 17.3 Å². The zero-order valence-corrected chi connectivity index (χ0v) is 12.3. The summed E-state index contributed by atoms with van der Waals surface area (Å²) in [5.41, 5.74) is 0. The van der Waals surface area contributed by atoms with Gasteiger partial charge in [-0.3, -0.25) is 0 Å². The Hall–Kier alpha value is -1.05. The Labute approximate surface area is 122 Å². The predicted octanol–water partition coefficient (Wildman–Crippen LogP) is 3.86. The molecule has 0 aliphatic heterocycles. The van der Waals surface area contributed by atoms with Gasteiger partial charge in [0.15, 0.2) is 0 Å². The van der Waals surface area contributed by atoms with Crippen molar-refractivity contribution in [2.45, 2.75) is 14.7 Å². The third kappa shape index (κ3) is 5.52. The summed E-state index contributed by atoms with van der Waals surface area (Å²) in [5, 5.41) is 0. The number of thioether (sulfide) groups is 3. The van der Waals surface area contributed by atoms with Crippen LogP contribution in [0.2, 0.25) is 0 Å². The van der Waals surface area contributed by atoms with Crippen molar-refractivity contribution in [3.05, 3.63) is 18.2 Å². The Balaban J connectivity index is 2.86. The topological polar surface area (TPSA) is 0 Å². The Morgan fingerprint density at radius 1 is 0.667 bits per heavy atom. The molecule has 0 aliphatic rings. The SMILES string of the molecule is C#CCSc1cc(SCC#C)cc(SCC#C)c1. The Bertz CT molecular complexity index is 423. The maximum absolute atomic E-state index is 5.28. The molecule has 0 bridgehead atoms. The van der Waals surface area contributed by atoms with Crippen molar-refractivity contribution in [3.63, 3.8) is 0 Å². The van der Waals surface area contributed by atoms with Crippen molar-refractivity contribution in [2.24, 2.45) is 0 Å². The molecule has 3 heteroatoms. The summed E-state index contributed by atoms with van der Waals surface area (Å²) in [6.45, 7) is 0. The lowest BCUT2D eigenvalue weighted by molar-refractivity contribution is 1.23. The minimum Gasteiger partial charge on any atom is -0.119 e. The zero-order chi connectivity index (χ0) is 13.2. The summed E-state index contributed by atoms with van der Waals surface area (Å²) in [6, 6.07) is 6.35. The van der Waals surface area contributed by atoms with Gasteiger partial charge in [0.25, 0.3) is 0 Å². The van der Waals surface area contributed by atoms with Crippen LogP contribution in [0.15, 0.2) is 32.9 Å². The van der Waals surface area contributed by atoms with Crippen LogP contribution in [0.5, 0.6) is 0 Å². The summed E-state index contributed by atoms with van der Waals surface area (Å²) in [5.74, 6) is 9.89. The highest BCUT2D eigenvalue weighted by molar-refractivity contribution is 8.01. The first-order valence-electron chi connectivity index (χ1n) is 5.14. The number of hydrogen-bond donors (Lipinski definition) is 0. The lowest BCUT2D eigenvalue weighted by Gasteiger charge is -2.06. The molecule has 1 aromatic rings. The molecule has 0 amide bonds. The van der Waals surface area contributed by atoms with E-state index in [2.05, 4.69) is 36.0 Å². The highest BCUT2D eigenvalue weighted by atomic mass is 32.2. The third-order valence-electron chi connectivity index (χ3n) is 1.82. The fourth-order valence-electron chi connectivity index (χ4n) is 1.17. The van der Waals surface area contributed by atoms with E-state index >= 15 is 0 Å². The van der Waals surface area contributed by atoms with Gasteiger partial charge in [-0.2, -0.15) is 0 Å². The second kappa shape index (κ2) is 8.96. The van der Waals surface area contributed by atoms with Crippen LogP contribution >= 0.6 is 35.3 Å². The Morgan fingerprint density at radius 3 is 1.17 bits per heavy atom. The van der Waals surface area contributed by atoms with Gasteiger partial charge in [-0.15, -0.1) is 54.6 Å². The first kappa shape index (κ1) is 15.0. The Kier molecular flexibility index (Phi) is 7.47. The summed E-state index contributed by atoms with van der Waals surface area (Å²) >= 11 is 4.95. The van der Waals surface area contributed by atoms with Gasteiger partial charge in [-0.05, 0) is 18.2 Å². The average Bonchev–Trinajstić information content (AvgIpc) is 2.40. The van der Waals surface area contributed by atoms with E-state index in [9.17, 15) is 0 Å². The van der Waals surface area contributed by atoms with E-state index in [1.807, 2.05) is 0 Å². The van der Waals surface area contributed by atoms with Crippen LogP contribution in [0.25, 0.3) is 0 Å². The molecule has 0 aromatic heterocycles. The number of hydrogen-bond acceptors (Lipinski definition) is 3. The molecule has 0 aliphatic carbocycles. The standard InChI is InChI=1S/C15H12S3/c1-4-7-16-13-10-14(17-8-5-2)12-15(11-13)18-9-6-3/h1-3,10-12H,7-9H2. The first-order chi connectivity index (χ1) is 8.80. The van der Waals surface area contributed by atoms with Crippen molar-refractivity contribution in [2.75, 3.05) is 17.3 Å². The van der Waals surface area contributed by atoms with Gasteiger partial charge < -0.3 is 0 Å². The van der Waals surface area contributed by atoms with E-state index in [1.165, 1.54) is 0 Å². The number of terminal acetylenes is 3. The minimum atomic E-state index is 0.669. The lowest BCUT2D eigenvalue weighted by Crippen LogP contribution is -1.82. The molecule has 0 fully saturated rings. The van der Waals surface area contributed by atoms with Crippen molar-refractivity contribution >= 4 is 35.3 Å². The lowest BCUT2D eigenvalue weighted by atomic mass is 10.4. The van der Waals surface area contributed by atoms with E-state index < -0.39 is 0 Å². The zero-order valence-electron chi connectivity index (χ0n) is 9.81. The van der Waals surface area contributed by atoms with Crippen LogP contribution in [-0.2, 0) is 0 Å². The average molecular weight is 288 g/mol. The largest absolute Gasteiger partial charge is 0.119 e. The summed E-state index contributed by atoms with van der Waals surface area (Å²) in [6.07, 6.45) is 15.8. The van der Waals surface area contributed by atoms with Gasteiger partial charge in [0.1, 0.15) is 0 Å². The van der Waals surface area contributed by atoms with E-state index in [4.69, 9.17) is 19.3 Å². The van der Waals surface area contributed by atoms with E-state index in [-0.39, 0.29) is 0 Å². The molecule has 0 saturated carbocycles. The summed E-state index contributed by atoms with van der Waals surface area (Å²) < 4.78 is 0. The fourth-order valence-corrected chi connectivity index (χ4v) is 3.41. The minimum absolute atomic E-state index is 0.669. The summed E-state index contributed by atoms with van der Waals surface area (Å²) in [4.78, 5) is 3.48. The third-order valence-corrected chi connectivity index (χ3v) is 4.46. The highest BCUT2D eigenvalue weighted by Crippen LogP contribution is 2.31. The van der Waals surface area contributed by atoms with Crippen molar-refractivity contribution in [1.82, 2.24) is 0 Å². The summed E-state index contributed by atoms with van der Waals surface area (Å²) in [7, 11) is 0. The molecular formula is C15H12S3. The van der Waals surface area contributed by atoms with E-state index in [1.54, 1.807) is 35.3 Å². The van der Waals surface area contributed by atoms with E-state index in [0.29, 0.717) is 17.3 Å². The predicted molar refractivity (Wildman–Crippen MR) is 85.1 cm³/mol. The monoisotopic (exact) mass is 288 g/mol. The smallest absolute Gasteiger partial charge is 0.0592 e. The number of benzene rings is 1. The Morgan fingerprint density at radius 2 is 0.944 bits per heavy atom. The van der Waals surface area contributed by atoms with Crippen LogP contribution in [-0.4, -0.2) is 17.3 Å². The van der Waals surface area contributed by atoms with Crippen LogP contribution < -0.4 is 0 Å². The van der Waals surface area contributed by atoms with Crippen LogP contribution in [0, 0.1) is 37.0 Å². The first-order valence-corrected chi connectivity index (χ1v) is 8.09. The normalized spacial score (nSPS) is 9.17. The molecule has 1 aromatic carbocycles. The van der Waals surface area contributed by atoms with E-state index in [0.717, 1.165) is 14.7 Å². The van der Waals surface area contributed by atoms with Gasteiger partial charge in [0, 0.05) is 14.7 Å². The van der Waals surface area contributed by atoms with Gasteiger partial charge in [-0.1, -0.05) is 17.8 Å². The molecule has 0 nitrogen and oxygen atoms in total. The maximum atomic E-state index is 5.28. The fraction of sp³-hybridized carbons (Fsp3) is 0.200. The molecule has 0 spiro atoms. The van der Waals surface area contributed by atoms with Crippen LogP contribution in [0.4, 0.5) is 0 Å². The molecule has 0 saturated heterocycles. The number of rotatable bonds is 6. The van der Waals surface area contributed by atoms with Crippen LogP contribution in [0.1, 0.15) is 0 Å². The van der Waals surface area contributed by atoms with Crippen LogP contribution in [0.3, 0.4) is 0 Å². The quantitative estimate of drug-likeness (QED) is 0.576. The van der Waals surface area contributed by atoms with Gasteiger partial charge in [0.2, 0.25) is 0 Å². The maximum Gasteiger partial charge on any atom is 0.0592 e. The molecule has 0 radical (unpaired) electrons. The molecule has 90 valence electrons. The second-order valence-corrected chi connectivity index (χ2v) is 6.26. The van der Waals surface area contributed by atoms with Gasteiger partial charge >= 0.3 is 0 Å². The van der Waals surface area contributed by atoms with Crippen molar-refractivity contribution < 1.29 is 0 Å². The molecule has 0 N–H and O–H groups in total. The molecule has 0 unspecified atom stereocenters. The van der Waals surface area contributed by atoms with Crippen molar-refractivity contribution in [1.29, 1.82) is 0 Å². The molecule has 18 heavy (non-hydrogen) atoms. The van der Waals surface area contributed by atoms with Gasteiger partial charge in [-0.25, -0.2) is 0 Å². The van der Waals surface area contributed by atoms with Crippen molar-refractivity contribution in [3.8, 4) is 37.0 Å². The molecule has 0 atom stereocenters. The molecule has 0 heterocycles. The highest BCUT2D eigenvalue weighted by Gasteiger charge is 2.02. The molecular weight excluding hydrogens is 276 g/mol.